The highest BCUT2D eigenvalue weighted by Crippen LogP contribution is 2.38. The van der Waals surface area contributed by atoms with Gasteiger partial charge in [-0.3, -0.25) is 4.79 Å². The normalized spacial score (nSPS) is 11.9. The number of carboxylic acid groups (broad SMARTS) is 1. The molecule has 1 aromatic heterocycles. The van der Waals surface area contributed by atoms with Crippen molar-refractivity contribution in [3.05, 3.63) is 23.0 Å². The van der Waals surface area contributed by atoms with E-state index in [9.17, 15) is 31.9 Å². The predicted molar refractivity (Wildman–Crippen MR) is 47.2 cm³/mol. The van der Waals surface area contributed by atoms with Crippen molar-refractivity contribution in [2.45, 2.75) is 19.0 Å². The molecular weight excluding hydrogens is 265 g/mol. The molecule has 0 saturated carbocycles. The number of alkyl halides is 5. The Labute approximate surface area is 96.7 Å². The molecule has 100 valence electrons. The predicted octanol–water partition coefficient (Wildman–Crippen LogP) is 2.37. The van der Waals surface area contributed by atoms with E-state index in [1.54, 1.807) is 0 Å². The van der Waals surface area contributed by atoms with Crippen LogP contribution in [-0.4, -0.2) is 21.2 Å². The smallest absolute Gasteiger partial charge is 0.420 e. The number of hydrogen-bond donors (Lipinski definition) is 2. The number of rotatable bonds is 3. The van der Waals surface area contributed by atoms with Crippen LogP contribution in [0.1, 0.15) is 23.4 Å². The van der Waals surface area contributed by atoms with Crippen LogP contribution in [0.3, 0.4) is 0 Å². The van der Waals surface area contributed by atoms with Crippen LogP contribution in [0.4, 0.5) is 22.0 Å². The van der Waals surface area contributed by atoms with Gasteiger partial charge in [0.2, 0.25) is 0 Å². The van der Waals surface area contributed by atoms with Crippen molar-refractivity contribution in [1.82, 2.24) is 4.98 Å². The lowest BCUT2D eigenvalue weighted by Gasteiger charge is -2.13. The second-order valence-corrected chi connectivity index (χ2v) is 3.26. The van der Waals surface area contributed by atoms with E-state index in [0.29, 0.717) is 0 Å². The molecule has 0 spiro atoms. The Kier molecular flexibility index (Phi) is 3.73. The van der Waals surface area contributed by atoms with Crippen LogP contribution in [-0.2, 0) is 17.4 Å². The summed E-state index contributed by atoms with van der Waals surface area (Å²) in [5.74, 6) is -3.05. The third-order valence-corrected chi connectivity index (χ3v) is 1.93. The minimum absolute atomic E-state index is 0.00858. The minimum atomic E-state index is -5.08. The van der Waals surface area contributed by atoms with E-state index in [-0.39, 0.29) is 6.07 Å². The van der Waals surface area contributed by atoms with Gasteiger partial charge in [-0.05, 0) is 6.07 Å². The van der Waals surface area contributed by atoms with Crippen LogP contribution in [0.2, 0.25) is 0 Å². The molecule has 1 heterocycles. The third-order valence-electron chi connectivity index (χ3n) is 1.93. The maximum atomic E-state index is 12.4. The number of halogens is 5. The van der Waals surface area contributed by atoms with Crippen LogP contribution >= 0.6 is 0 Å². The highest BCUT2D eigenvalue weighted by Gasteiger charge is 2.37. The van der Waals surface area contributed by atoms with Crippen LogP contribution in [0.15, 0.2) is 6.07 Å². The molecule has 0 aliphatic rings. The maximum Gasteiger partial charge on any atom is 0.420 e. The van der Waals surface area contributed by atoms with Gasteiger partial charge in [0.05, 0.1) is 12.1 Å². The zero-order chi connectivity index (χ0) is 14.1. The summed E-state index contributed by atoms with van der Waals surface area (Å²) in [5, 5.41) is 17.6. The van der Waals surface area contributed by atoms with Crippen molar-refractivity contribution >= 4 is 5.97 Å². The SMILES string of the molecule is O=C(O)Cc1nc(C(F)F)cc(C(F)(F)F)c1O. The van der Waals surface area contributed by atoms with Gasteiger partial charge in [-0.1, -0.05) is 0 Å². The van der Waals surface area contributed by atoms with Crippen LogP contribution < -0.4 is 0 Å². The fraction of sp³-hybridized carbons (Fsp3) is 0.333. The highest BCUT2D eigenvalue weighted by molar-refractivity contribution is 5.70. The van der Waals surface area contributed by atoms with Crippen molar-refractivity contribution < 1.29 is 37.0 Å². The Morgan fingerprint density at radius 2 is 1.94 bits per heavy atom. The average molecular weight is 271 g/mol. The van der Waals surface area contributed by atoms with Crippen LogP contribution in [0.5, 0.6) is 5.75 Å². The molecule has 0 fully saturated rings. The van der Waals surface area contributed by atoms with E-state index in [1.807, 2.05) is 0 Å². The molecule has 18 heavy (non-hydrogen) atoms. The summed E-state index contributed by atoms with van der Waals surface area (Å²) in [5.41, 5.74) is -3.92. The Balaban J connectivity index is 3.43. The largest absolute Gasteiger partial charge is 0.505 e. The molecule has 0 bridgehead atoms. The Morgan fingerprint density at radius 3 is 2.33 bits per heavy atom. The molecule has 4 nitrogen and oxygen atoms in total. The molecule has 0 amide bonds. The fourth-order valence-corrected chi connectivity index (χ4v) is 1.21. The maximum absolute atomic E-state index is 12.4. The van der Waals surface area contributed by atoms with Gasteiger partial charge in [0.25, 0.3) is 6.43 Å². The summed E-state index contributed by atoms with van der Waals surface area (Å²) >= 11 is 0. The summed E-state index contributed by atoms with van der Waals surface area (Å²) in [6, 6.07) is -0.00858. The Bertz CT molecular complexity index is 472. The van der Waals surface area contributed by atoms with Gasteiger partial charge in [0.1, 0.15) is 17.0 Å². The highest BCUT2D eigenvalue weighted by atomic mass is 19.4. The van der Waals surface area contributed by atoms with Crippen molar-refractivity contribution in [2.24, 2.45) is 0 Å². The fourth-order valence-electron chi connectivity index (χ4n) is 1.21. The van der Waals surface area contributed by atoms with E-state index in [4.69, 9.17) is 5.11 Å². The van der Waals surface area contributed by atoms with E-state index >= 15 is 0 Å². The number of pyridine rings is 1. The number of aromatic nitrogens is 1. The van der Waals surface area contributed by atoms with Gasteiger partial charge in [0.15, 0.2) is 0 Å². The molecule has 0 radical (unpaired) electrons. The molecule has 0 aliphatic heterocycles. The number of aromatic hydroxyl groups is 1. The molecule has 0 aromatic carbocycles. The number of carbonyl (C=O) groups is 1. The summed E-state index contributed by atoms with van der Waals surface area (Å²) in [6.45, 7) is 0. The first-order chi connectivity index (χ1) is 8.12. The monoisotopic (exact) mass is 271 g/mol. The standard InChI is InChI=1S/C9H6F5NO3/c10-8(11)5-1-3(9(12,13)14)7(18)4(15-5)2-6(16)17/h1,8,18H,2H2,(H,16,17). The first-order valence-corrected chi connectivity index (χ1v) is 4.43. The lowest BCUT2D eigenvalue weighted by Crippen LogP contribution is -2.12. The Morgan fingerprint density at radius 1 is 1.39 bits per heavy atom. The zero-order valence-electron chi connectivity index (χ0n) is 8.50. The van der Waals surface area contributed by atoms with Gasteiger partial charge in [0, 0.05) is 0 Å². The van der Waals surface area contributed by atoms with Gasteiger partial charge >= 0.3 is 12.1 Å². The molecule has 1 aromatic rings. The minimum Gasteiger partial charge on any atom is -0.505 e. The molecule has 0 saturated heterocycles. The third kappa shape index (κ3) is 3.05. The lowest BCUT2D eigenvalue weighted by molar-refractivity contribution is -0.140. The first-order valence-electron chi connectivity index (χ1n) is 4.43. The molecule has 2 N–H and O–H groups in total. The molecule has 0 atom stereocenters. The number of hydrogen-bond acceptors (Lipinski definition) is 3. The van der Waals surface area contributed by atoms with Gasteiger partial charge in [-0.15, -0.1) is 0 Å². The van der Waals surface area contributed by atoms with E-state index < -0.39 is 47.7 Å². The van der Waals surface area contributed by atoms with Gasteiger partial charge in [-0.2, -0.15) is 13.2 Å². The number of nitrogens with zero attached hydrogens (tertiary/aromatic N) is 1. The van der Waals surface area contributed by atoms with Crippen molar-refractivity contribution in [3.63, 3.8) is 0 Å². The van der Waals surface area contributed by atoms with Crippen molar-refractivity contribution in [1.29, 1.82) is 0 Å². The number of carboxylic acids is 1. The van der Waals surface area contributed by atoms with E-state index in [0.717, 1.165) is 0 Å². The topological polar surface area (TPSA) is 70.4 Å². The lowest BCUT2D eigenvalue weighted by atomic mass is 10.1. The van der Waals surface area contributed by atoms with E-state index in [1.165, 1.54) is 0 Å². The van der Waals surface area contributed by atoms with E-state index in [2.05, 4.69) is 4.98 Å². The molecular formula is C9H6F5NO3. The summed E-state index contributed by atoms with van der Waals surface area (Å²) in [4.78, 5) is 13.3. The Hall–Kier alpha value is -1.93. The summed E-state index contributed by atoms with van der Waals surface area (Å²) < 4.78 is 61.9. The zero-order valence-corrected chi connectivity index (χ0v) is 8.50. The average Bonchev–Trinajstić information content (AvgIpc) is 2.18. The van der Waals surface area contributed by atoms with Crippen molar-refractivity contribution in [2.75, 3.05) is 0 Å². The summed E-state index contributed by atoms with van der Waals surface area (Å²) in [6.07, 6.45) is -9.47. The molecule has 0 unspecified atom stereocenters. The van der Waals surface area contributed by atoms with Crippen molar-refractivity contribution in [3.8, 4) is 5.75 Å². The van der Waals surface area contributed by atoms with Gasteiger partial charge < -0.3 is 10.2 Å². The van der Waals surface area contributed by atoms with Crippen LogP contribution in [0, 0.1) is 0 Å². The molecule has 9 heteroatoms. The first kappa shape index (κ1) is 14.1. The van der Waals surface area contributed by atoms with Gasteiger partial charge in [-0.25, -0.2) is 13.8 Å². The quantitative estimate of drug-likeness (QED) is 0.828. The molecule has 1 rings (SSSR count). The second kappa shape index (κ2) is 4.75. The second-order valence-electron chi connectivity index (χ2n) is 3.26. The summed E-state index contributed by atoms with van der Waals surface area (Å²) in [7, 11) is 0. The van der Waals surface area contributed by atoms with Crippen LogP contribution in [0.25, 0.3) is 0 Å². The molecule has 0 aliphatic carbocycles. The number of aliphatic carboxylic acids is 1.